The molecule has 0 radical (unpaired) electrons. The summed E-state index contributed by atoms with van der Waals surface area (Å²) >= 11 is 0. The Morgan fingerprint density at radius 2 is 2.20 bits per heavy atom. The number of aryl methyl sites for hydroxylation is 2. The smallest absolute Gasteiger partial charge is 0.303 e. The molecule has 1 N–H and O–H groups in total. The zero-order valence-electron chi connectivity index (χ0n) is 14.5. The Bertz CT molecular complexity index is 819. The highest BCUT2D eigenvalue weighted by Gasteiger charge is 2.29. The lowest BCUT2D eigenvalue weighted by molar-refractivity contribution is -0.136. The van der Waals surface area contributed by atoms with Crippen molar-refractivity contribution in [1.82, 2.24) is 9.97 Å². The van der Waals surface area contributed by atoms with Crippen molar-refractivity contribution in [2.45, 2.75) is 51.5 Å². The minimum absolute atomic E-state index is 0.155. The predicted octanol–water partition coefficient (Wildman–Crippen LogP) is 3.25. The van der Waals surface area contributed by atoms with Gasteiger partial charge in [-0.15, -0.1) is 0 Å². The third-order valence-electron chi connectivity index (χ3n) is 5.33. The monoisotopic (exact) mass is 337 g/mol. The van der Waals surface area contributed by atoms with Gasteiger partial charge in [0, 0.05) is 35.8 Å². The van der Waals surface area contributed by atoms with Gasteiger partial charge in [-0.25, -0.2) is 9.97 Å². The van der Waals surface area contributed by atoms with Crippen LogP contribution in [-0.2, 0) is 24.1 Å². The average molecular weight is 337 g/mol. The van der Waals surface area contributed by atoms with Crippen LogP contribution in [0.4, 0.5) is 5.95 Å². The van der Waals surface area contributed by atoms with Gasteiger partial charge in [-0.05, 0) is 50.7 Å². The Morgan fingerprint density at radius 1 is 1.32 bits per heavy atom. The number of hydrogen-bond donors (Lipinski definition) is 1. The van der Waals surface area contributed by atoms with Gasteiger partial charge in [0.15, 0.2) is 0 Å². The van der Waals surface area contributed by atoms with Gasteiger partial charge in [0.25, 0.3) is 0 Å². The summed E-state index contributed by atoms with van der Waals surface area (Å²) in [6, 6.07) is 8.67. The summed E-state index contributed by atoms with van der Waals surface area (Å²) in [6.07, 6.45) is 5.09. The fourth-order valence-corrected chi connectivity index (χ4v) is 3.73. The molecular formula is C20H23N3O2. The van der Waals surface area contributed by atoms with Crippen LogP contribution in [0.25, 0.3) is 11.3 Å². The normalized spacial score (nSPS) is 18.8. The van der Waals surface area contributed by atoms with Gasteiger partial charge in [-0.3, -0.25) is 4.79 Å². The first-order chi connectivity index (χ1) is 12.1. The van der Waals surface area contributed by atoms with Crippen molar-refractivity contribution in [2.75, 3.05) is 11.4 Å². The molecular weight excluding hydrogens is 314 g/mol. The van der Waals surface area contributed by atoms with Crippen LogP contribution in [0, 0.1) is 0 Å². The van der Waals surface area contributed by atoms with Gasteiger partial charge in [-0.2, -0.15) is 0 Å². The molecule has 0 unspecified atom stereocenters. The Labute approximate surface area is 147 Å². The second-order valence-electron chi connectivity index (χ2n) is 7.08. The van der Waals surface area contributed by atoms with E-state index in [9.17, 15) is 4.79 Å². The highest BCUT2D eigenvalue weighted by atomic mass is 16.4. The topological polar surface area (TPSA) is 66.3 Å². The van der Waals surface area contributed by atoms with Crippen LogP contribution >= 0.6 is 0 Å². The average Bonchev–Trinajstić information content (AvgIpc) is 3.06. The number of nitrogens with zero attached hydrogens (tertiary/aromatic N) is 3. The van der Waals surface area contributed by atoms with E-state index >= 15 is 0 Å². The van der Waals surface area contributed by atoms with Crippen molar-refractivity contribution in [3.8, 4) is 11.3 Å². The van der Waals surface area contributed by atoms with E-state index in [4.69, 9.17) is 15.1 Å². The molecule has 0 bridgehead atoms. The lowest BCUT2D eigenvalue weighted by Crippen LogP contribution is -2.46. The summed E-state index contributed by atoms with van der Waals surface area (Å²) in [5.41, 5.74) is 5.62. The maximum absolute atomic E-state index is 10.8. The van der Waals surface area contributed by atoms with Crippen LogP contribution in [0.5, 0.6) is 0 Å². The molecule has 2 aromatic rings. The SMILES string of the molecule is C[C@H]1CCN1c1nc2c(c(-c3cccc(CCC(=O)O)c3)n1)CCC2. The van der Waals surface area contributed by atoms with Crippen LogP contribution in [0.2, 0.25) is 0 Å². The summed E-state index contributed by atoms with van der Waals surface area (Å²) in [6.45, 7) is 3.24. The zero-order valence-corrected chi connectivity index (χ0v) is 14.5. The third-order valence-corrected chi connectivity index (χ3v) is 5.33. The third kappa shape index (κ3) is 3.11. The molecule has 0 saturated carbocycles. The number of benzene rings is 1. The molecule has 25 heavy (non-hydrogen) atoms. The van der Waals surface area contributed by atoms with Crippen molar-refractivity contribution < 1.29 is 9.90 Å². The quantitative estimate of drug-likeness (QED) is 0.907. The fraction of sp³-hybridized carbons (Fsp3) is 0.450. The van der Waals surface area contributed by atoms with E-state index in [-0.39, 0.29) is 6.42 Å². The maximum atomic E-state index is 10.8. The molecule has 1 aromatic carbocycles. The molecule has 1 saturated heterocycles. The summed E-state index contributed by atoms with van der Waals surface area (Å²) < 4.78 is 0. The van der Waals surface area contributed by atoms with Gasteiger partial charge in [-0.1, -0.05) is 18.2 Å². The molecule has 1 aromatic heterocycles. The van der Waals surface area contributed by atoms with Crippen LogP contribution in [0.3, 0.4) is 0 Å². The largest absolute Gasteiger partial charge is 0.481 e. The van der Waals surface area contributed by atoms with Crippen molar-refractivity contribution in [3.63, 3.8) is 0 Å². The summed E-state index contributed by atoms with van der Waals surface area (Å²) in [4.78, 5) is 22.9. The lowest BCUT2D eigenvalue weighted by Gasteiger charge is -2.39. The first-order valence-corrected chi connectivity index (χ1v) is 9.09. The van der Waals surface area contributed by atoms with E-state index in [2.05, 4.69) is 24.0 Å². The Kier molecular flexibility index (Phi) is 4.15. The van der Waals surface area contributed by atoms with Crippen molar-refractivity contribution >= 4 is 11.9 Å². The minimum atomic E-state index is -0.762. The molecule has 1 atom stereocenters. The number of carbonyl (C=O) groups is 1. The van der Waals surface area contributed by atoms with Gasteiger partial charge in [0.05, 0.1) is 5.69 Å². The number of aromatic nitrogens is 2. The Morgan fingerprint density at radius 3 is 2.92 bits per heavy atom. The highest BCUT2D eigenvalue weighted by Crippen LogP contribution is 2.34. The molecule has 4 rings (SSSR count). The van der Waals surface area contributed by atoms with Crippen LogP contribution in [0.1, 0.15) is 43.0 Å². The van der Waals surface area contributed by atoms with Gasteiger partial charge in [0.1, 0.15) is 0 Å². The molecule has 130 valence electrons. The maximum Gasteiger partial charge on any atom is 0.303 e. The standard InChI is InChI=1S/C20H23N3O2/c1-13-10-11-23(13)20-21-17-7-3-6-16(17)19(22-20)15-5-2-4-14(12-15)8-9-18(24)25/h2,4-5,12-13H,3,6-11H2,1H3,(H,24,25)/t13-/m0/s1. The summed E-state index contributed by atoms with van der Waals surface area (Å²) in [5, 5.41) is 8.92. The Hall–Kier alpha value is -2.43. The van der Waals surface area contributed by atoms with E-state index in [0.29, 0.717) is 12.5 Å². The predicted molar refractivity (Wildman–Crippen MR) is 96.9 cm³/mol. The van der Waals surface area contributed by atoms with Crippen LogP contribution < -0.4 is 4.90 Å². The van der Waals surface area contributed by atoms with Crippen molar-refractivity contribution in [2.24, 2.45) is 0 Å². The molecule has 1 aliphatic carbocycles. The number of rotatable bonds is 5. The Balaban J connectivity index is 1.72. The van der Waals surface area contributed by atoms with E-state index in [1.165, 1.54) is 17.7 Å². The van der Waals surface area contributed by atoms with Crippen LogP contribution in [0.15, 0.2) is 24.3 Å². The second kappa shape index (κ2) is 6.47. The van der Waals surface area contributed by atoms with Gasteiger partial charge >= 0.3 is 5.97 Å². The first-order valence-electron chi connectivity index (χ1n) is 9.09. The lowest BCUT2D eigenvalue weighted by atomic mass is 10.0. The molecule has 1 fully saturated rings. The van der Waals surface area contributed by atoms with E-state index in [1.807, 2.05) is 12.1 Å². The molecule has 5 nitrogen and oxygen atoms in total. The van der Waals surface area contributed by atoms with E-state index in [0.717, 1.165) is 48.6 Å². The van der Waals surface area contributed by atoms with Crippen molar-refractivity contribution in [3.05, 3.63) is 41.1 Å². The molecule has 2 aliphatic rings. The summed E-state index contributed by atoms with van der Waals surface area (Å²) in [7, 11) is 0. The first kappa shape index (κ1) is 16.1. The molecule has 0 amide bonds. The van der Waals surface area contributed by atoms with Gasteiger partial charge in [0.2, 0.25) is 5.95 Å². The molecule has 1 aliphatic heterocycles. The minimum Gasteiger partial charge on any atom is -0.481 e. The number of aliphatic carboxylic acids is 1. The van der Waals surface area contributed by atoms with Crippen LogP contribution in [-0.4, -0.2) is 33.6 Å². The number of anilines is 1. The zero-order chi connectivity index (χ0) is 17.4. The second-order valence-corrected chi connectivity index (χ2v) is 7.08. The summed E-state index contributed by atoms with van der Waals surface area (Å²) in [5.74, 6) is 0.0905. The highest BCUT2D eigenvalue weighted by molar-refractivity contribution is 5.69. The van der Waals surface area contributed by atoms with Crippen molar-refractivity contribution in [1.29, 1.82) is 0 Å². The number of carboxylic acid groups (broad SMARTS) is 1. The number of carboxylic acids is 1. The molecule has 2 heterocycles. The van der Waals surface area contributed by atoms with Gasteiger partial charge < -0.3 is 10.0 Å². The molecule has 0 spiro atoms. The number of hydrogen-bond acceptors (Lipinski definition) is 4. The van der Waals surface area contributed by atoms with E-state index in [1.54, 1.807) is 0 Å². The number of fused-ring (bicyclic) bond motifs is 1. The fourth-order valence-electron chi connectivity index (χ4n) is 3.73. The molecule has 5 heteroatoms. The van der Waals surface area contributed by atoms with E-state index < -0.39 is 5.97 Å².